The maximum atomic E-state index is 15.3. The van der Waals surface area contributed by atoms with E-state index in [4.69, 9.17) is 4.74 Å². The Kier molecular flexibility index (Phi) is 7.38. The Morgan fingerprint density at radius 1 is 0.882 bits per heavy atom. The van der Waals surface area contributed by atoms with Crippen molar-refractivity contribution in [1.82, 2.24) is 28.3 Å². The van der Waals surface area contributed by atoms with Crippen molar-refractivity contribution in [3.05, 3.63) is 53.1 Å². The van der Waals surface area contributed by atoms with E-state index in [9.17, 15) is 13.2 Å². The predicted molar refractivity (Wildman–Crippen MR) is 196 cm³/mol. The first kappa shape index (κ1) is 33.4. The standard InChI is InChI=1S/C39H50N6O5S/c1-41(2)51(48,49)40-35(46)26-11-13-29-32(15-26)45-24-39(36(47)44-22-37-18-42(3)19-38(37,23-44)21-43(4)20-37)17-31(39)30-16-27(50-5)12-14-28(30)34(45)33(29)25-9-7-6-8-10-25/h11-16,25,31H,6-10,17-24H2,1-5H3,(H,40,46). The van der Waals surface area contributed by atoms with Gasteiger partial charge in [0.15, 0.2) is 0 Å². The lowest BCUT2D eigenvalue weighted by atomic mass is 9.71. The summed E-state index contributed by atoms with van der Waals surface area (Å²) in [4.78, 5) is 35.9. The number of hydrogen-bond donors (Lipinski definition) is 1. The van der Waals surface area contributed by atoms with Gasteiger partial charge in [-0.15, -0.1) is 0 Å². The minimum Gasteiger partial charge on any atom is -0.497 e. The second-order valence-electron chi connectivity index (χ2n) is 17.1. The predicted octanol–water partition coefficient (Wildman–Crippen LogP) is 4.09. The van der Waals surface area contributed by atoms with E-state index in [-0.39, 0.29) is 28.2 Å². The van der Waals surface area contributed by atoms with E-state index in [0.717, 1.165) is 90.7 Å². The molecule has 2 aliphatic carbocycles. The van der Waals surface area contributed by atoms with E-state index in [2.05, 4.69) is 50.2 Å². The molecule has 5 fully saturated rings. The summed E-state index contributed by atoms with van der Waals surface area (Å²) < 4.78 is 36.7. The number of carbonyl (C=O) groups is 2. The molecule has 3 saturated heterocycles. The summed E-state index contributed by atoms with van der Waals surface area (Å²) in [7, 11) is 4.96. The lowest BCUT2D eigenvalue weighted by Gasteiger charge is -2.31. The Morgan fingerprint density at radius 3 is 2.18 bits per heavy atom. The average Bonchev–Trinajstić information content (AvgIpc) is 3.43. The van der Waals surface area contributed by atoms with Crippen LogP contribution < -0.4 is 9.46 Å². The molecule has 6 aliphatic rings. The van der Waals surface area contributed by atoms with Crippen LogP contribution in [0.2, 0.25) is 0 Å². The highest BCUT2D eigenvalue weighted by Crippen LogP contribution is 2.67. The molecular weight excluding hydrogens is 665 g/mol. The molecule has 2 saturated carbocycles. The van der Waals surface area contributed by atoms with Crippen LogP contribution >= 0.6 is 0 Å². The van der Waals surface area contributed by atoms with E-state index >= 15 is 4.79 Å². The Labute approximate surface area is 301 Å². The van der Waals surface area contributed by atoms with Gasteiger partial charge in [0.25, 0.3) is 5.91 Å². The number of benzene rings is 2. The second-order valence-corrected chi connectivity index (χ2v) is 19.0. The van der Waals surface area contributed by atoms with E-state index in [0.29, 0.717) is 12.5 Å². The first-order chi connectivity index (χ1) is 24.3. The maximum Gasteiger partial charge on any atom is 0.303 e. The molecule has 5 heterocycles. The second kappa shape index (κ2) is 11.3. The van der Waals surface area contributed by atoms with Crippen LogP contribution in [0.1, 0.15) is 71.8 Å². The third-order valence-electron chi connectivity index (χ3n) is 13.6. The van der Waals surface area contributed by atoms with Crippen LogP contribution in [-0.4, -0.2) is 118 Å². The van der Waals surface area contributed by atoms with Crippen molar-refractivity contribution in [1.29, 1.82) is 0 Å². The number of likely N-dealkylation sites (tertiary alicyclic amines) is 3. The Morgan fingerprint density at radius 2 is 1.55 bits per heavy atom. The van der Waals surface area contributed by atoms with Crippen molar-refractivity contribution in [2.24, 2.45) is 16.2 Å². The van der Waals surface area contributed by atoms with Crippen molar-refractivity contribution >= 4 is 32.9 Å². The largest absolute Gasteiger partial charge is 0.497 e. The van der Waals surface area contributed by atoms with Crippen LogP contribution in [-0.2, 0) is 21.5 Å². The van der Waals surface area contributed by atoms with Crippen molar-refractivity contribution in [3.8, 4) is 17.0 Å². The third-order valence-corrected chi connectivity index (χ3v) is 15.0. The van der Waals surface area contributed by atoms with Crippen molar-refractivity contribution in [2.45, 2.75) is 56.9 Å². The number of aromatic nitrogens is 1. The number of ether oxygens (including phenoxy) is 1. The number of methoxy groups -OCH3 is 1. The molecule has 2 amide bonds. The first-order valence-electron chi connectivity index (χ1n) is 18.6. The molecule has 0 bridgehead atoms. The number of nitrogens with zero attached hydrogens (tertiary/aromatic N) is 5. The summed E-state index contributed by atoms with van der Waals surface area (Å²) in [6.07, 6.45) is 6.52. The molecule has 2 atom stereocenters. The van der Waals surface area contributed by atoms with Gasteiger partial charge in [0, 0.05) is 98.7 Å². The summed E-state index contributed by atoms with van der Waals surface area (Å²) >= 11 is 0. The smallest absolute Gasteiger partial charge is 0.303 e. The number of carbonyl (C=O) groups excluding carboxylic acids is 2. The topological polar surface area (TPSA) is 107 Å². The molecule has 12 heteroatoms. The molecule has 51 heavy (non-hydrogen) atoms. The first-order valence-corrected chi connectivity index (χ1v) is 20.0. The summed E-state index contributed by atoms with van der Waals surface area (Å²) in [6.45, 7) is 6.16. The fraction of sp³-hybridized carbons (Fsp3) is 0.590. The zero-order valence-corrected chi connectivity index (χ0v) is 31.3. The van der Waals surface area contributed by atoms with E-state index in [1.54, 1.807) is 13.2 Å². The minimum absolute atomic E-state index is 0.0570. The zero-order chi connectivity index (χ0) is 35.7. The lowest BCUT2D eigenvalue weighted by molar-refractivity contribution is -0.137. The van der Waals surface area contributed by atoms with Gasteiger partial charge in [-0.3, -0.25) is 9.59 Å². The minimum atomic E-state index is -3.98. The van der Waals surface area contributed by atoms with Gasteiger partial charge in [-0.05, 0) is 80.7 Å². The number of rotatable bonds is 6. The van der Waals surface area contributed by atoms with Gasteiger partial charge < -0.3 is 24.0 Å². The third kappa shape index (κ3) is 4.81. The van der Waals surface area contributed by atoms with Crippen molar-refractivity contribution in [3.63, 3.8) is 0 Å². The van der Waals surface area contributed by atoms with Gasteiger partial charge in [0.1, 0.15) is 5.75 Å². The number of fused-ring (bicyclic) bond motifs is 7. The van der Waals surface area contributed by atoms with Crippen LogP contribution in [0, 0.1) is 16.2 Å². The lowest BCUT2D eigenvalue weighted by Crippen LogP contribution is -2.44. The van der Waals surface area contributed by atoms with Gasteiger partial charge in [-0.2, -0.15) is 12.7 Å². The fourth-order valence-electron chi connectivity index (χ4n) is 11.4. The van der Waals surface area contributed by atoms with Gasteiger partial charge in [0.2, 0.25) is 5.91 Å². The Hall–Kier alpha value is -3.45. The zero-order valence-electron chi connectivity index (χ0n) is 30.5. The number of nitrogens with one attached hydrogen (secondary N) is 1. The average molecular weight is 715 g/mol. The van der Waals surface area contributed by atoms with Crippen molar-refractivity contribution in [2.75, 3.05) is 74.6 Å². The SMILES string of the molecule is COc1ccc2c(c1)C1CC1(C(=O)N1CC34CN(C)CC3(CN(C)C4)C1)Cn1c-2c(C2CCCCC2)c2ccc(C(=O)NS(=O)(=O)N(C)C)cc21. The van der Waals surface area contributed by atoms with Crippen LogP contribution in [0.5, 0.6) is 5.75 Å². The fourth-order valence-corrected chi connectivity index (χ4v) is 12.0. The van der Waals surface area contributed by atoms with Gasteiger partial charge in [-0.25, -0.2) is 4.72 Å². The molecule has 4 aliphatic heterocycles. The maximum absolute atomic E-state index is 15.3. The molecule has 1 N–H and O–H groups in total. The van der Waals surface area contributed by atoms with Gasteiger partial charge >= 0.3 is 10.2 Å². The molecule has 0 radical (unpaired) electrons. The molecule has 272 valence electrons. The van der Waals surface area contributed by atoms with Crippen LogP contribution in [0.25, 0.3) is 22.2 Å². The molecule has 2 aromatic carbocycles. The van der Waals surface area contributed by atoms with E-state index in [1.165, 1.54) is 44.5 Å². The van der Waals surface area contributed by atoms with E-state index < -0.39 is 21.5 Å². The molecule has 9 rings (SSSR count). The normalized spacial score (nSPS) is 30.5. The number of hydrogen-bond acceptors (Lipinski definition) is 7. The van der Waals surface area contributed by atoms with Gasteiger partial charge in [0.05, 0.1) is 18.2 Å². The van der Waals surface area contributed by atoms with Crippen molar-refractivity contribution < 1.29 is 22.7 Å². The monoisotopic (exact) mass is 714 g/mol. The molecule has 11 nitrogen and oxygen atoms in total. The summed E-state index contributed by atoms with van der Waals surface area (Å²) in [6, 6.07) is 12.0. The highest BCUT2D eigenvalue weighted by atomic mass is 32.2. The van der Waals surface area contributed by atoms with Crippen LogP contribution in [0.3, 0.4) is 0 Å². The highest BCUT2D eigenvalue weighted by Gasteiger charge is 2.70. The molecule has 2 unspecified atom stereocenters. The quantitative estimate of drug-likeness (QED) is 0.410. The summed E-state index contributed by atoms with van der Waals surface area (Å²) in [5.74, 6) is 0.786. The molecule has 0 spiro atoms. The van der Waals surface area contributed by atoms with Gasteiger partial charge in [-0.1, -0.05) is 25.3 Å². The summed E-state index contributed by atoms with van der Waals surface area (Å²) in [5.41, 5.74) is 5.48. The highest BCUT2D eigenvalue weighted by molar-refractivity contribution is 7.87. The number of amides is 2. The van der Waals surface area contributed by atoms with Crippen LogP contribution in [0.15, 0.2) is 36.4 Å². The Balaban J connectivity index is 1.20. The van der Waals surface area contributed by atoms with E-state index in [1.807, 2.05) is 18.2 Å². The molecular formula is C39H50N6O5S. The summed E-state index contributed by atoms with van der Waals surface area (Å²) in [5, 5.41) is 1.08. The van der Waals surface area contributed by atoms with Crippen LogP contribution in [0.4, 0.5) is 0 Å². The molecule has 1 aromatic heterocycles. The molecule has 3 aromatic rings. The Bertz CT molecular complexity index is 2050.